The molecule has 2 aromatic rings. The molecule has 0 aromatic carbocycles. The van der Waals surface area contributed by atoms with Crippen LogP contribution in [0, 0.1) is 19.7 Å². The first-order chi connectivity index (χ1) is 18.9. The van der Waals surface area contributed by atoms with Crippen LogP contribution in [0.5, 0.6) is 0 Å². The SMILES string of the molecule is Cc1nc(NC2NC=C(N3CCN(C(=O)OC(C)(C)C)[C@H](C)C3)C(Nc3cc(C)n(C)c3)N2)cc(C2CC2)c1F. The van der Waals surface area contributed by atoms with Crippen LogP contribution in [-0.4, -0.2) is 69.2 Å². The van der Waals surface area contributed by atoms with Crippen LogP contribution in [0.3, 0.4) is 0 Å². The van der Waals surface area contributed by atoms with Crippen LogP contribution in [0.2, 0.25) is 0 Å². The van der Waals surface area contributed by atoms with E-state index >= 15 is 0 Å². The molecule has 0 bridgehead atoms. The molecule has 0 radical (unpaired) electrons. The van der Waals surface area contributed by atoms with E-state index in [4.69, 9.17) is 4.74 Å². The Bertz CT molecular complexity index is 1260. The number of amides is 1. The molecule has 2 aliphatic heterocycles. The van der Waals surface area contributed by atoms with Gasteiger partial charge in [0.1, 0.15) is 23.4 Å². The number of halogens is 1. The van der Waals surface area contributed by atoms with Gasteiger partial charge in [-0.2, -0.15) is 0 Å². The molecule has 1 saturated heterocycles. The highest BCUT2D eigenvalue weighted by atomic mass is 19.1. The number of anilines is 2. The molecule has 4 N–H and O–H groups in total. The summed E-state index contributed by atoms with van der Waals surface area (Å²) in [5, 5.41) is 14.1. The Hall–Kier alpha value is -3.47. The Balaban J connectivity index is 1.33. The number of hydrogen-bond donors (Lipinski definition) is 4. The van der Waals surface area contributed by atoms with E-state index in [1.165, 1.54) is 0 Å². The fraction of sp³-hybridized carbons (Fsp3) is 0.586. The van der Waals surface area contributed by atoms with Crippen LogP contribution in [0.1, 0.15) is 63.4 Å². The van der Waals surface area contributed by atoms with Crippen molar-refractivity contribution in [3.63, 3.8) is 0 Å². The number of aryl methyl sites for hydroxylation is 3. The van der Waals surface area contributed by atoms with E-state index in [0.717, 1.165) is 35.5 Å². The van der Waals surface area contributed by atoms with Gasteiger partial charge in [-0.05, 0) is 78.0 Å². The average molecular weight is 555 g/mol. The predicted octanol–water partition coefficient (Wildman–Crippen LogP) is 4.16. The largest absolute Gasteiger partial charge is 0.444 e. The maximum absolute atomic E-state index is 14.7. The number of hydrogen-bond acceptors (Lipinski definition) is 8. The molecule has 1 saturated carbocycles. The number of pyridine rings is 1. The van der Waals surface area contributed by atoms with Gasteiger partial charge in [0.2, 0.25) is 0 Å². The van der Waals surface area contributed by atoms with Crippen molar-refractivity contribution in [1.29, 1.82) is 0 Å². The first-order valence-electron chi connectivity index (χ1n) is 14.2. The number of nitrogens with one attached hydrogen (secondary N) is 4. The third kappa shape index (κ3) is 6.29. The minimum atomic E-state index is -0.532. The molecule has 4 heterocycles. The summed E-state index contributed by atoms with van der Waals surface area (Å²) in [4.78, 5) is 21.3. The summed E-state index contributed by atoms with van der Waals surface area (Å²) in [5.74, 6) is 0.730. The van der Waals surface area contributed by atoms with Gasteiger partial charge in [-0.1, -0.05) is 0 Å². The van der Waals surface area contributed by atoms with Crippen molar-refractivity contribution in [2.75, 3.05) is 30.3 Å². The van der Waals surface area contributed by atoms with E-state index < -0.39 is 5.60 Å². The first kappa shape index (κ1) is 28.1. The van der Waals surface area contributed by atoms with Crippen LogP contribution in [0.15, 0.2) is 30.2 Å². The van der Waals surface area contributed by atoms with Crippen molar-refractivity contribution in [3.8, 4) is 0 Å². The molecule has 2 aromatic heterocycles. The highest BCUT2D eigenvalue weighted by Crippen LogP contribution is 2.42. The van der Waals surface area contributed by atoms with E-state index in [0.29, 0.717) is 31.1 Å². The summed E-state index contributed by atoms with van der Waals surface area (Å²) in [5.41, 5.74) is 3.80. The van der Waals surface area contributed by atoms with Crippen LogP contribution in [-0.2, 0) is 11.8 Å². The molecule has 11 heteroatoms. The van der Waals surface area contributed by atoms with Crippen LogP contribution in [0.4, 0.5) is 20.7 Å². The normalized spacial score (nSPS) is 23.4. The molecular formula is C29H43FN8O2. The Labute approximate surface area is 236 Å². The number of carbonyl (C=O) groups is 1. The fourth-order valence-corrected chi connectivity index (χ4v) is 5.32. The number of nitrogens with zero attached hydrogens (tertiary/aromatic N) is 4. The molecule has 1 aliphatic carbocycles. The standard InChI is InChI=1S/C29H43FN8O2/c1-17-12-21(16-36(17)7)33-26-23(37-10-11-38(18(2)15-37)28(39)40-29(4,5)6)14-31-27(35-26)34-24-13-22(20-8-9-20)25(30)19(3)32-24/h12-14,16,18,20,26-27,31,33,35H,8-11,15H2,1-7H3,(H,32,34)/t18-,26?,27?/m1/s1. The quantitative estimate of drug-likeness (QED) is 0.423. The lowest BCUT2D eigenvalue weighted by atomic mass is 10.1. The van der Waals surface area contributed by atoms with Gasteiger partial charge in [-0.15, -0.1) is 0 Å². The smallest absolute Gasteiger partial charge is 0.410 e. The maximum Gasteiger partial charge on any atom is 0.410 e. The number of ether oxygens (including phenoxy) is 1. The van der Waals surface area contributed by atoms with Gasteiger partial charge in [0.15, 0.2) is 6.29 Å². The highest BCUT2D eigenvalue weighted by Gasteiger charge is 2.35. The molecular weight excluding hydrogens is 511 g/mol. The van der Waals surface area contributed by atoms with Gasteiger partial charge in [0.25, 0.3) is 0 Å². The lowest BCUT2D eigenvalue weighted by Crippen LogP contribution is -2.62. The molecule has 10 nitrogen and oxygen atoms in total. The molecule has 5 rings (SSSR count). The second-order valence-corrected chi connectivity index (χ2v) is 12.3. The first-order valence-corrected chi connectivity index (χ1v) is 14.2. The van der Waals surface area contributed by atoms with Crippen LogP contribution < -0.4 is 21.3 Å². The second kappa shape index (κ2) is 10.8. The molecule has 3 aliphatic rings. The zero-order valence-corrected chi connectivity index (χ0v) is 24.6. The summed E-state index contributed by atoms with van der Waals surface area (Å²) in [6.45, 7) is 13.4. The van der Waals surface area contributed by atoms with Crippen molar-refractivity contribution in [2.24, 2.45) is 7.05 Å². The van der Waals surface area contributed by atoms with E-state index in [2.05, 4.69) is 54.9 Å². The monoisotopic (exact) mass is 554 g/mol. The molecule has 2 fully saturated rings. The average Bonchev–Trinajstić information content (AvgIpc) is 3.65. The van der Waals surface area contributed by atoms with Crippen LogP contribution >= 0.6 is 0 Å². The Kier molecular flexibility index (Phi) is 7.60. The fourth-order valence-electron chi connectivity index (χ4n) is 5.32. The molecule has 2 unspecified atom stereocenters. The van der Waals surface area contributed by atoms with Crippen molar-refractivity contribution < 1.29 is 13.9 Å². The summed E-state index contributed by atoms with van der Waals surface area (Å²) < 4.78 is 22.4. The van der Waals surface area contributed by atoms with Gasteiger partial charge in [0, 0.05) is 50.8 Å². The van der Waals surface area contributed by atoms with Crippen LogP contribution in [0.25, 0.3) is 0 Å². The number of aromatic nitrogens is 2. The number of piperazine rings is 1. The summed E-state index contributed by atoms with van der Waals surface area (Å²) in [6.07, 6.45) is 5.27. The number of carbonyl (C=O) groups excluding carboxylic acids is 1. The highest BCUT2D eigenvalue weighted by molar-refractivity contribution is 5.68. The van der Waals surface area contributed by atoms with Gasteiger partial charge in [-0.25, -0.2) is 14.2 Å². The summed E-state index contributed by atoms with van der Waals surface area (Å²) in [7, 11) is 2.02. The molecule has 40 heavy (non-hydrogen) atoms. The second-order valence-electron chi connectivity index (χ2n) is 12.3. The Morgan fingerprint density at radius 3 is 2.55 bits per heavy atom. The molecule has 1 amide bonds. The molecule has 218 valence electrons. The summed E-state index contributed by atoms with van der Waals surface area (Å²) >= 11 is 0. The van der Waals surface area contributed by atoms with Gasteiger partial charge < -0.3 is 35.1 Å². The lowest BCUT2D eigenvalue weighted by Gasteiger charge is -2.45. The van der Waals surface area contributed by atoms with E-state index in [-0.39, 0.29) is 36.3 Å². The maximum atomic E-state index is 14.7. The zero-order chi connectivity index (χ0) is 28.8. The van der Waals surface area contributed by atoms with Crippen molar-refractivity contribution in [2.45, 2.75) is 84.4 Å². The number of rotatable bonds is 6. The van der Waals surface area contributed by atoms with E-state index in [1.807, 2.05) is 47.0 Å². The third-order valence-corrected chi connectivity index (χ3v) is 7.67. The van der Waals surface area contributed by atoms with Crippen molar-refractivity contribution >= 4 is 17.6 Å². The zero-order valence-electron chi connectivity index (χ0n) is 24.6. The van der Waals surface area contributed by atoms with E-state index in [1.54, 1.807) is 11.8 Å². The predicted molar refractivity (Wildman–Crippen MR) is 154 cm³/mol. The molecule has 0 spiro atoms. The topological polar surface area (TPSA) is 98.7 Å². The minimum absolute atomic E-state index is 0.0211. The van der Waals surface area contributed by atoms with Gasteiger partial charge >= 0.3 is 6.09 Å². The molecule has 3 atom stereocenters. The van der Waals surface area contributed by atoms with Gasteiger partial charge in [-0.3, -0.25) is 5.32 Å². The third-order valence-electron chi connectivity index (χ3n) is 7.67. The van der Waals surface area contributed by atoms with Crippen molar-refractivity contribution in [3.05, 3.63) is 53.0 Å². The summed E-state index contributed by atoms with van der Waals surface area (Å²) in [6, 6.07) is 3.93. The van der Waals surface area contributed by atoms with Crippen molar-refractivity contribution in [1.82, 2.24) is 30.0 Å². The Morgan fingerprint density at radius 2 is 1.93 bits per heavy atom. The minimum Gasteiger partial charge on any atom is -0.444 e. The van der Waals surface area contributed by atoms with Gasteiger partial charge in [0.05, 0.1) is 17.1 Å². The van der Waals surface area contributed by atoms with E-state index in [9.17, 15) is 9.18 Å². The lowest BCUT2D eigenvalue weighted by molar-refractivity contribution is 0.00416. The Morgan fingerprint density at radius 1 is 1.18 bits per heavy atom.